The molecule has 1 saturated heterocycles. The number of carbonyl (C=O) groups excluding carboxylic acids is 1. The van der Waals surface area contributed by atoms with Crippen LogP contribution in [-0.2, 0) is 0 Å². The normalized spacial score (nSPS) is 25.3. The first kappa shape index (κ1) is 24.9. The maximum Gasteiger partial charge on any atom is 0.294 e. The third-order valence-corrected chi connectivity index (χ3v) is 9.41. The van der Waals surface area contributed by atoms with Gasteiger partial charge in [0.05, 0.1) is 6.61 Å². The van der Waals surface area contributed by atoms with Crippen molar-refractivity contribution in [2.45, 2.75) is 113 Å². The van der Waals surface area contributed by atoms with E-state index in [9.17, 15) is 4.79 Å². The number of piperidine rings is 1. The zero-order valence-corrected chi connectivity index (χ0v) is 21.3. The lowest BCUT2D eigenvalue weighted by Crippen LogP contribution is -2.48. The maximum absolute atomic E-state index is 13.8. The van der Waals surface area contributed by atoms with Crippen molar-refractivity contribution < 1.29 is 14.1 Å². The minimum atomic E-state index is 0.0289. The Labute approximate surface area is 203 Å². The van der Waals surface area contributed by atoms with Gasteiger partial charge in [0.15, 0.2) is 0 Å². The molecule has 3 atom stereocenters. The molecule has 1 aromatic heterocycles. The quantitative estimate of drug-likeness (QED) is 0.467. The maximum atomic E-state index is 13.8. The lowest BCUT2D eigenvalue weighted by atomic mass is 9.85. The molecule has 0 spiro atoms. The molecule has 7 heteroatoms. The van der Waals surface area contributed by atoms with Crippen molar-refractivity contribution in [2.75, 3.05) is 19.7 Å². The van der Waals surface area contributed by atoms with Gasteiger partial charge in [-0.3, -0.25) is 4.79 Å². The Morgan fingerprint density at radius 1 is 1.12 bits per heavy atom. The van der Waals surface area contributed by atoms with Crippen LogP contribution in [0, 0.1) is 11.8 Å². The largest absolute Gasteiger partial charge is 0.474 e. The van der Waals surface area contributed by atoms with Crippen LogP contribution in [0.5, 0.6) is 5.88 Å². The molecule has 186 valence electrons. The highest BCUT2D eigenvalue weighted by Gasteiger charge is 2.38. The summed E-state index contributed by atoms with van der Waals surface area (Å²) < 4.78 is 12.0. The fraction of sp³-hybridized carbons (Fsp3) is 0.846. The molecule has 0 bridgehead atoms. The van der Waals surface area contributed by atoms with Gasteiger partial charge in [0.2, 0.25) is 5.76 Å². The van der Waals surface area contributed by atoms with E-state index in [4.69, 9.17) is 15.0 Å². The molecule has 0 aromatic carbocycles. The van der Waals surface area contributed by atoms with Crippen molar-refractivity contribution in [2.24, 2.45) is 17.6 Å². The van der Waals surface area contributed by atoms with E-state index in [-0.39, 0.29) is 5.91 Å². The van der Waals surface area contributed by atoms with E-state index < -0.39 is 0 Å². The second kappa shape index (κ2) is 12.5. The topological polar surface area (TPSA) is 81.6 Å². The van der Waals surface area contributed by atoms with Gasteiger partial charge < -0.3 is 19.9 Å². The number of nitrogens with zero attached hydrogens (tertiary/aromatic N) is 2. The van der Waals surface area contributed by atoms with Crippen molar-refractivity contribution in [1.82, 2.24) is 10.1 Å². The number of fused-ring (bicyclic) bond motifs is 1. The summed E-state index contributed by atoms with van der Waals surface area (Å²) in [6.07, 6.45) is 16.7. The lowest BCUT2D eigenvalue weighted by Gasteiger charge is -2.40. The number of aromatic nitrogens is 1. The molecule has 2 aliphatic carbocycles. The number of likely N-dealkylation sites (tertiary alicyclic amines) is 1. The fourth-order valence-corrected chi connectivity index (χ4v) is 7.30. The highest BCUT2D eigenvalue weighted by molar-refractivity contribution is 8.00. The molecule has 2 saturated carbocycles. The summed E-state index contributed by atoms with van der Waals surface area (Å²) in [4.78, 5) is 16.8. The predicted molar refractivity (Wildman–Crippen MR) is 133 cm³/mol. The van der Waals surface area contributed by atoms with E-state index in [1.54, 1.807) is 11.8 Å². The second-order valence-corrected chi connectivity index (χ2v) is 11.6. The molecular formula is C26H43N3O3S. The molecule has 1 amide bonds. The Morgan fingerprint density at radius 2 is 1.85 bits per heavy atom. The second-order valence-electron chi connectivity index (χ2n) is 10.3. The van der Waals surface area contributed by atoms with Crippen LogP contribution in [0.4, 0.5) is 0 Å². The van der Waals surface area contributed by atoms with Gasteiger partial charge in [0.25, 0.3) is 11.8 Å². The van der Waals surface area contributed by atoms with Gasteiger partial charge in [-0.15, -0.1) is 11.8 Å². The standard InChI is InChI=1S/C26H43N3O3S/c1-2-19(15-16-27)18-31-25-24(33-21-12-6-4-7-13-21)23(32-28-25)26(30)29-17-9-11-20-10-5-3-8-14-22(20)29/h19-22H,2-18,27H2,1H3/t19?,20-,22-/m0/s1. The monoisotopic (exact) mass is 477 g/mol. The minimum Gasteiger partial charge on any atom is -0.474 e. The summed E-state index contributed by atoms with van der Waals surface area (Å²) >= 11 is 1.77. The molecule has 6 nitrogen and oxygen atoms in total. The Kier molecular flexibility index (Phi) is 9.42. The molecule has 4 rings (SSSR count). The molecule has 0 radical (unpaired) electrons. The van der Waals surface area contributed by atoms with Gasteiger partial charge >= 0.3 is 0 Å². The van der Waals surface area contributed by atoms with E-state index in [1.165, 1.54) is 64.2 Å². The number of thioether (sulfide) groups is 1. The highest BCUT2D eigenvalue weighted by atomic mass is 32.2. The third kappa shape index (κ3) is 6.27. The van der Waals surface area contributed by atoms with Crippen LogP contribution in [0.15, 0.2) is 9.42 Å². The average Bonchev–Trinajstić information content (AvgIpc) is 3.07. The van der Waals surface area contributed by atoms with Gasteiger partial charge in [-0.25, -0.2) is 0 Å². The Bertz CT molecular complexity index is 749. The lowest BCUT2D eigenvalue weighted by molar-refractivity contribution is 0.0435. The fourth-order valence-electron chi connectivity index (χ4n) is 5.97. The smallest absolute Gasteiger partial charge is 0.294 e. The van der Waals surface area contributed by atoms with Crippen molar-refractivity contribution >= 4 is 17.7 Å². The number of carbonyl (C=O) groups is 1. The Morgan fingerprint density at radius 3 is 2.61 bits per heavy atom. The average molecular weight is 478 g/mol. The number of ether oxygens (including phenoxy) is 1. The number of rotatable bonds is 9. The number of nitrogens with two attached hydrogens (primary N) is 1. The SMILES string of the molecule is CCC(CCN)COc1noc(C(=O)N2CCC[C@@H]3CCCCC[C@@H]32)c1SC1CCCCC1. The van der Waals surface area contributed by atoms with Crippen LogP contribution in [-0.4, -0.2) is 47.0 Å². The summed E-state index contributed by atoms with van der Waals surface area (Å²) in [7, 11) is 0. The molecule has 2 heterocycles. The van der Waals surface area contributed by atoms with Crippen LogP contribution >= 0.6 is 11.8 Å². The van der Waals surface area contributed by atoms with Crippen molar-refractivity contribution in [3.8, 4) is 5.88 Å². The van der Waals surface area contributed by atoms with Gasteiger partial charge in [0, 0.05) is 17.8 Å². The molecule has 33 heavy (non-hydrogen) atoms. The zero-order chi connectivity index (χ0) is 23.0. The molecule has 3 aliphatic rings. The minimum absolute atomic E-state index is 0.0289. The zero-order valence-electron chi connectivity index (χ0n) is 20.4. The molecule has 1 aromatic rings. The van der Waals surface area contributed by atoms with E-state index >= 15 is 0 Å². The van der Waals surface area contributed by atoms with Crippen LogP contribution in [0.3, 0.4) is 0 Å². The van der Waals surface area contributed by atoms with Gasteiger partial charge in [-0.05, 0) is 68.5 Å². The summed E-state index contributed by atoms with van der Waals surface area (Å²) in [6, 6.07) is 0.352. The Hall–Kier alpha value is -1.21. The summed E-state index contributed by atoms with van der Waals surface area (Å²) in [5.74, 6) is 1.99. The van der Waals surface area contributed by atoms with Gasteiger partial charge in [-0.1, -0.05) is 51.9 Å². The number of hydrogen-bond donors (Lipinski definition) is 1. The molecular weight excluding hydrogens is 434 g/mol. The van der Waals surface area contributed by atoms with E-state index in [0.717, 1.165) is 37.1 Å². The first-order valence-electron chi connectivity index (χ1n) is 13.5. The third-order valence-electron chi connectivity index (χ3n) is 8.01. The summed E-state index contributed by atoms with van der Waals surface area (Å²) in [6.45, 7) is 4.23. The van der Waals surface area contributed by atoms with Crippen LogP contribution in [0.2, 0.25) is 0 Å². The molecule has 2 N–H and O–H groups in total. The molecule has 1 unspecified atom stereocenters. The molecule has 1 aliphatic heterocycles. The first-order chi connectivity index (χ1) is 16.2. The summed E-state index contributed by atoms with van der Waals surface area (Å²) in [5.41, 5.74) is 5.77. The predicted octanol–water partition coefficient (Wildman–Crippen LogP) is 6.04. The first-order valence-corrected chi connectivity index (χ1v) is 14.4. The summed E-state index contributed by atoms with van der Waals surface area (Å²) in [5, 5.41) is 4.79. The number of amides is 1. The van der Waals surface area contributed by atoms with Crippen molar-refractivity contribution in [1.29, 1.82) is 0 Å². The van der Waals surface area contributed by atoms with Crippen molar-refractivity contribution in [3.05, 3.63) is 5.76 Å². The van der Waals surface area contributed by atoms with E-state index in [2.05, 4.69) is 17.0 Å². The van der Waals surface area contributed by atoms with Crippen LogP contribution in [0.25, 0.3) is 0 Å². The van der Waals surface area contributed by atoms with E-state index in [1.807, 2.05) is 0 Å². The van der Waals surface area contributed by atoms with E-state index in [0.29, 0.717) is 47.9 Å². The highest BCUT2D eigenvalue weighted by Crippen LogP contribution is 2.42. The number of hydrogen-bond acceptors (Lipinski definition) is 6. The van der Waals surface area contributed by atoms with Crippen LogP contribution in [0.1, 0.15) is 107 Å². The van der Waals surface area contributed by atoms with Gasteiger partial charge in [-0.2, -0.15) is 0 Å². The van der Waals surface area contributed by atoms with Crippen LogP contribution < -0.4 is 10.5 Å². The van der Waals surface area contributed by atoms with Gasteiger partial charge in [0.1, 0.15) is 4.90 Å². The van der Waals surface area contributed by atoms with Crippen molar-refractivity contribution in [3.63, 3.8) is 0 Å². The Balaban J connectivity index is 1.55. The molecule has 3 fully saturated rings.